The van der Waals surface area contributed by atoms with Gasteiger partial charge in [0.1, 0.15) is 6.79 Å². The van der Waals surface area contributed by atoms with Crippen molar-refractivity contribution < 1.29 is 56.2 Å². The minimum Gasteiger partial charge on any atom is -0.307 e. The average molecular weight is 84.0 g/mol. The molecule has 3 heteroatoms. The van der Waals surface area contributed by atoms with Crippen LogP contribution >= 0.6 is 0 Å². The van der Waals surface area contributed by atoms with Crippen LogP contribution in [0.2, 0.25) is 0 Å². The summed E-state index contributed by atoms with van der Waals surface area (Å²) in [6, 6.07) is 0. The number of hydrogen-bond donors (Lipinski definition) is 0. The van der Waals surface area contributed by atoms with Gasteiger partial charge in [-0.1, -0.05) is 8.41 Å². The van der Waals surface area contributed by atoms with Crippen molar-refractivity contribution in [2.24, 2.45) is 0 Å². The second-order valence-electron chi connectivity index (χ2n) is 0. The van der Waals surface area contributed by atoms with E-state index < -0.39 is 0 Å². The van der Waals surface area contributed by atoms with Gasteiger partial charge in [0, 0.05) is 0 Å². The van der Waals surface area contributed by atoms with Gasteiger partial charge in [0.05, 0.1) is 0 Å². The SMILES string of the molecule is C=O.[BH4-].[K+]. The molecule has 0 aliphatic rings. The number of rotatable bonds is 0. The Morgan fingerprint density at radius 2 is 1.25 bits per heavy atom. The summed E-state index contributed by atoms with van der Waals surface area (Å²) in [5.74, 6) is 0. The van der Waals surface area contributed by atoms with Crippen LogP contribution in [-0.2, 0) is 4.79 Å². The maximum atomic E-state index is 8.00. The minimum absolute atomic E-state index is 0. The molecule has 20 valence electrons. The first kappa shape index (κ1) is 18.3. The van der Waals surface area contributed by atoms with E-state index in [0.717, 1.165) is 0 Å². The number of carbonyl (C=O) groups excluding carboxylic acids is 1. The molecule has 0 rings (SSSR count). The molecule has 1 nitrogen and oxygen atoms in total. The topological polar surface area (TPSA) is 17.1 Å². The molecule has 0 aliphatic heterocycles. The second kappa shape index (κ2) is 26.4. The van der Waals surface area contributed by atoms with Crippen LogP contribution in [0.25, 0.3) is 0 Å². The Morgan fingerprint density at radius 1 is 1.25 bits per heavy atom. The molecule has 0 fully saturated rings. The van der Waals surface area contributed by atoms with Crippen molar-refractivity contribution in [3.8, 4) is 0 Å². The van der Waals surface area contributed by atoms with Gasteiger partial charge >= 0.3 is 51.4 Å². The van der Waals surface area contributed by atoms with Crippen LogP contribution in [0.5, 0.6) is 0 Å². The van der Waals surface area contributed by atoms with Crippen LogP contribution in [-0.4, -0.2) is 15.2 Å². The van der Waals surface area contributed by atoms with Gasteiger partial charge in [-0.3, -0.25) is 0 Å². The van der Waals surface area contributed by atoms with E-state index in [1.807, 2.05) is 6.79 Å². The smallest absolute Gasteiger partial charge is 0.307 e. The largest absolute Gasteiger partial charge is 1.00 e. The maximum absolute atomic E-state index is 8.00. The van der Waals surface area contributed by atoms with Gasteiger partial charge in [-0.25, -0.2) is 0 Å². The van der Waals surface area contributed by atoms with E-state index in [2.05, 4.69) is 0 Å². The van der Waals surface area contributed by atoms with Crippen molar-refractivity contribution in [2.45, 2.75) is 0 Å². The number of carbonyl (C=O) groups is 1. The van der Waals surface area contributed by atoms with Crippen LogP contribution in [0.1, 0.15) is 0 Å². The van der Waals surface area contributed by atoms with Crippen molar-refractivity contribution in [1.82, 2.24) is 0 Å². The fourth-order valence-electron chi connectivity index (χ4n) is 0. The van der Waals surface area contributed by atoms with E-state index in [9.17, 15) is 0 Å². The Labute approximate surface area is 70.1 Å². The van der Waals surface area contributed by atoms with E-state index in [4.69, 9.17) is 4.79 Å². The summed E-state index contributed by atoms with van der Waals surface area (Å²) in [6.07, 6.45) is 0. The van der Waals surface area contributed by atoms with Gasteiger partial charge in [-0.05, 0) is 0 Å². The number of hydrogen-bond acceptors (Lipinski definition) is 1. The predicted molar refractivity (Wildman–Crippen MR) is 18.5 cm³/mol. The zero-order chi connectivity index (χ0) is 2.00. The molecule has 0 saturated heterocycles. The standard InChI is InChI=1S/CH2O.BH4.K/c1-2;;/h1H2;1H4;/q;-1;+1. The summed E-state index contributed by atoms with van der Waals surface area (Å²) in [5, 5.41) is 0. The van der Waals surface area contributed by atoms with E-state index in [-0.39, 0.29) is 59.8 Å². The third-order valence-electron chi connectivity index (χ3n) is 0. The van der Waals surface area contributed by atoms with Gasteiger partial charge in [-0.2, -0.15) is 0 Å². The molecule has 0 aromatic heterocycles. The zero-order valence-corrected chi connectivity index (χ0v) is 5.24. The molecule has 0 spiro atoms. The molecule has 0 atom stereocenters. The van der Waals surface area contributed by atoms with E-state index >= 15 is 0 Å². The maximum Gasteiger partial charge on any atom is 1.00 e. The summed E-state index contributed by atoms with van der Waals surface area (Å²) in [7, 11) is 0. The third-order valence-corrected chi connectivity index (χ3v) is 0. The Balaban J connectivity index is -0.00000000500. The van der Waals surface area contributed by atoms with E-state index in [1.165, 1.54) is 0 Å². The van der Waals surface area contributed by atoms with Gasteiger partial charge in [-0.15, -0.1) is 0 Å². The van der Waals surface area contributed by atoms with Crippen molar-refractivity contribution >= 4 is 15.2 Å². The summed E-state index contributed by atoms with van der Waals surface area (Å²) in [6.45, 7) is 2.00. The summed E-state index contributed by atoms with van der Waals surface area (Å²) in [5.41, 5.74) is 0. The molecule has 0 unspecified atom stereocenters. The molecule has 0 heterocycles. The molecule has 0 amide bonds. The zero-order valence-electron chi connectivity index (χ0n) is 2.12. The molecule has 0 bridgehead atoms. The van der Waals surface area contributed by atoms with E-state index in [0.29, 0.717) is 0 Å². The molecule has 0 aromatic rings. The average Bonchev–Trinajstić information content (AvgIpc) is 1.00. The molecular formula is CH6BKO. The molecule has 4 heavy (non-hydrogen) atoms. The second-order valence-corrected chi connectivity index (χ2v) is 0. The van der Waals surface area contributed by atoms with Crippen molar-refractivity contribution in [1.29, 1.82) is 0 Å². The minimum atomic E-state index is 0. The molecular weight excluding hydrogens is 77.9 g/mol. The Morgan fingerprint density at radius 3 is 1.25 bits per heavy atom. The molecule has 0 N–H and O–H groups in total. The first-order valence-electron chi connectivity index (χ1n) is 0.289. The summed E-state index contributed by atoms with van der Waals surface area (Å²) >= 11 is 0. The first-order chi connectivity index (χ1) is 1.00. The fourth-order valence-corrected chi connectivity index (χ4v) is 0. The van der Waals surface area contributed by atoms with Crippen LogP contribution in [0, 0.1) is 0 Å². The molecule has 0 radical (unpaired) electrons. The van der Waals surface area contributed by atoms with Crippen LogP contribution in [0.3, 0.4) is 0 Å². The Hall–Kier alpha value is 1.37. The predicted octanol–water partition coefficient (Wildman–Crippen LogP) is -4.63. The molecule has 0 aromatic carbocycles. The van der Waals surface area contributed by atoms with Gasteiger partial charge in [0.25, 0.3) is 0 Å². The fraction of sp³-hybridized carbons (Fsp3) is 0. The Kier molecular flexibility index (Phi) is 121. The third kappa shape index (κ3) is 10.1. The van der Waals surface area contributed by atoms with Crippen molar-refractivity contribution in [3.63, 3.8) is 0 Å². The van der Waals surface area contributed by atoms with Crippen molar-refractivity contribution in [2.75, 3.05) is 0 Å². The van der Waals surface area contributed by atoms with Crippen LogP contribution in [0.15, 0.2) is 0 Å². The summed E-state index contributed by atoms with van der Waals surface area (Å²) < 4.78 is 0. The molecule has 0 saturated carbocycles. The van der Waals surface area contributed by atoms with Gasteiger partial charge < -0.3 is 4.79 Å². The van der Waals surface area contributed by atoms with E-state index in [1.54, 1.807) is 0 Å². The monoisotopic (exact) mass is 84.0 g/mol. The van der Waals surface area contributed by atoms with Gasteiger partial charge in [0.2, 0.25) is 0 Å². The Bertz CT molecular complexity index is 8.00. The normalized spacial score (nSPS) is 1.00. The van der Waals surface area contributed by atoms with Crippen LogP contribution < -0.4 is 51.4 Å². The van der Waals surface area contributed by atoms with Gasteiger partial charge in [0.15, 0.2) is 0 Å². The first-order valence-corrected chi connectivity index (χ1v) is 0.289. The quantitative estimate of drug-likeness (QED) is 0.270. The molecule has 0 aliphatic carbocycles. The van der Waals surface area contributed by atoms with Crippen LogP contribution in [0.4, 0.5) is 0 Å². The summed E-state index contributed by atoms with van der Waals surface area (Å²) in [4.78, 5) is 8.00. The van der Waals surface area contributed by atoms with Crippen molar-refractivity contribution in [3.05, 3.63) is 0 Å².